The molecular formula is C10H10ClFN4. The maximum absolute atomic E-state index is 14.5. The van der Waals surface area contributed by atoms with Crippen molar-refractivity contribution >= 4 is 23.7 Å². The highest BCUT2D eigenvalue weighted by molar-refractivity contribution is 6.30. The van der Waals surface area contributed by atoms with Gasteiger partial charge in [0.15, 0.2) is 6.29 Å². The molecule has 0 amide bonds. The van der Waals surface area contributed by atoms with E-state index in [2.05, 4.69) is 9.98 Å². The second-order valence-corrected chi connectivity index (χ2v) is 3.86. The van der Waals surface area contributed by atoms with E-state index in [1.807, 2.05) is 0 Å². The minimum atomic E-state index is -2.03. The summed E-state index contributed by atoms with van der Waals surface area (Å²) in [6.07, 6.45) is 0.231. The number of aliphatic imine (C=N–C) groups is 2. The molecule has 4 N–H and O–H groups in total. The van der Waals surface area contributed by atoms with Crippen molar-refractivity contribution in [1.82, 2.24) is 0 Å². The van der Waals surface area contributed by atoms with E-state index in [-0.39, 0.29) is 11.4 Å². The Kier molecular flexibility index (Phi) is 2.65. The largest absolute Gasteiger partial charge is 0.384 e. The molecule has 1 aromatic carbocycles. The summed E-state index contributed by atoms with van der Waals surface area (Å²) >= 11 is 5.79. The first-order valence-corrected chi connectivity index (χ1v) is 4.99. The van der Waals surface area contributed by atoms with Crippen molar-refractivity contribution in [2.24, 2.45) is 21.5 Å². The van der Waals surface area contributed by atoms with Crippen LogP contribution in [0.15, 0.2) is 34.3 Å². The quantitative estimate of drug-likeness (QED) is 0.774. The highest BCUT2D eigenvalue weighted by atomic mass is 35.5. The zero-order chi connectivity index (χ0) is 11.8. The van der Waals surface area contributed by atoms with Crippen LogP contribution in [-0.2, 0) is 5.67 Å². The molecule has 4 nitrogen and oxygen atoms in total. The van der Waals surface area contributed by atoms with Gasteiger partial charge in [-0.1, -0.05) is 23.7 Å². The number of nitrogens with two attached hydrogens (primary N) is 2. The summed E-state index contributed by atoms with van der Waals surface area (Å²) in [5.41, 5.74) is 9.20. The van der Waals surface area contributed by atoms with Crippen LogP contribution >= 0.6 is 11.6 Å². The first kappa shape index (κ1) is 11.0. The van der Waals surface area contributed by atoms with E-state index in [1.165, 1.54) is 6.07 Å². The second kappa shape index (κ2) is 3.84. The molecule has 0 radical (unpaired) electrons. The number of hydrogen-bond donors (Lipinski definition) is 2. The molecule has 0 spiro atoms. The summed E-state index contributed by atoms with van der Waals surface area (Å²) < 4.78 is 14.5. The monoisotopic (exact) mass is 240 g/mol. The molecular weight excluding hydrogens is 231 g/mol. The normalized spacial score (nSPS) is 28.9. The summed E-state index contributed by atoms with van der Waals surface area (Å²) in [6.45, 7) is 0. The van der Waals surface area contributed by atoms with Crippen LogP contribution in [0.4, 0.5) is 4.39 Å². The average molecular weight is 241 g/mol. The van der Waals surface area contributed by atoms with Crippen LogP contribution in [0.5, 0.6) is 0 Å². The Morgan fingerprint density at radius 3 is 2.81 bits per heavy atom. The molecule has 0 saturated heterocycles. The average Bonchev–Trinajstić information content (AvgIpc) is 2.24. The van der Waals surface area contributed by atoms with Crippen LogP contribution in [0.25, 0.3) is 0 Å². The maximum atomic E-state index is 14.5. The van der Waals surface area contributed by atoms with Gasteiger partial charge in [-0.05, 0) is 12.1 Å². The molecule has 6 heteroatoms. The van der Waals surface area contributed by atoms with Crippen molar-refractivity contribution in [3.63, 3.8) is 0 Å². The standard InChI is InChI=1S/C10H10ClFN4/c11-7-3-1-2-6(4-7)10(12)5-15-9(14)16-8(10)13/h1-5,9H,14H2,(H2,13,16). The Balaban J connectivity index is 2.47. The number of hydrogen-bond acceptors (Lipinski definition) is 4. The van der Waals surface area contributed by atoms with Gasteiger partial charge in [-0.25, -0.2) is 9.38 Å². The molecule has 0 saturated carbocycles. The molecule has 0 aliphatic carbocycles. The summed E-state index contributed by atoms with van der Waals surface area (Å²) in [6, 6.07) is 6.33. The van der Waals surface area contributed by atoms with Gasteiger partial charge in [-0.15, -0.1) is 0 Å². The van der Waals surface area contributed by atoms with Crippen LogP contribution in [0.2, 0.25) is 5.02 Å². The molecule has 1 aliphatic rings. The van der Waals surface area contributed by atoms with Crippen molar-refractivity contribution in [1.29, 1.82) is 0 Å². The Bertz CT molecular complexity index is 474. The number of nitrogens with zero attached hydrogens (tertiary/aromatic N) is 2. The minimum Gasteiger partial charge on any atom is -0.384 e. The Morgan fingerprint density at radius 1 is 1.44 bits per heavy atom. The van der Waals surface area contributed by atoms with E-state index < -0.39 is 12.0 Å². The molecule has 2 atom stereocenters. The Morgan fingerprint density at radius 2 is 2.19 bits per heavy atom. The smallest absolute Gasteiger partial charge is 0.227 e. The predicted octanol–water partition coefficient (Wildman–Crippen LogP) is 1.19. The number of rotatable bonds is 1. The number of alkyl halides is 1. The second-order valence-electron chi connectivity index (χ2n) is 3.43. The van der Waals surface area contributed by atoms with Crippen LogP contribution in [0, 0.1) is 0 Å². The molecule has 2 rings (SSSR count). The van der Waals surface area contributed by atoms with Crippen molar-refractivity contribution in [3.05, 3.63) is 34.9 Å². The highest BCUT2D eigenvalue weighted by Gasteiger charge is 2.37. The van der Waals surface area contributed by atoms with Crippen LogP contribution in [0.3, 0.4) is 0 Å². The molecule has 84 valence electrons. The first-order valence-electron chi connectivity index (χ1n) is 4.61. The van der Waals surface area contributed by atoms with Crippen molar-refractivity contribution in [2.75, 3.05) is 0 Å². The zero-order valence-corrected chi connectivity index (χ0v) is 9.03. The summed E-state index contributed by atoms with van der Waals surface area (Å²) in [7, 11) is 0. The summed E-state index contributed by atoms with van der Waals surface area (Å²) in [5, 5.41) is 0.422. The minimum absolute atomic E-state index is 0.211. The topological polar surface area (TPSA) is 76.8 Å². The van der Waals surface area contributed by atoms with Crippen molar-refractivity contribution < 1.29 is 4.39 Å². The summed E-state index contributed by atoms with van der Waals surface area (Å²) in [5.74, 6) is -0.211. The van der Waals surface area contributed by atoms with E-state index in [9.17, 15) is 4.39 Å². The van der Waals surface area contributed by atoms with Gasteiger partial charge >= 0.3 is 0 Å². The van der Waals surface area contributed by atoms with Gasteiger partial charge in [0.2, 0.25) is 5.67 Å². The molecule has 0 bridgehead atoms. The lowest BCUT2D eigenvalue weighted by molar-refractivity contribution is 0.356. The SMILES string of the molecule is NC1=NC(N)N=CC1(F)c1cccc(Cl)c1. The molecule has 1 aliphatic heterocycles. The fourth-order valence-corrected chi connectivity index (χ4v) is 1.64. The predicted molar refractivity (Wildman–Crippen MR) is 62.3 cm³/mol. The first-order chi connectivity index (χ1) is 7.52. The lowest BCUT2D eigenvalue weighted by Crippen LogP contribution is -2.44. The van der Waals surface area contributed by atoms with Crippen molar-refractivity contribution in [2.45, 2.75) is 12.0 Å². The Labute approximate surface area is 96.8 Å². The maximum Gasteiger partial charge on any atom is 0.227 e. The van der Waals surface area contributed by atoms with Crippen molar-refractivity contribution in [3.8, 4) is 0 Å². The van der Waals surface area contributed by atoms with E-state index >= 15 is 0 Å². The third kappa shape index (κ3) is 1.79. The van der Waals surface area contributed by atoms with Gasteiger partial charge in [0.25, 0.3) is 0 Å². The van der Waals surface area contributed by atoms with Gasteiger partial charge in [0.1, 0.15) is 5.84 Å². The van der Waals surface area contributed by atoms with E-state index in [0.717, 1.165) is 6.21 Å². The lowest BCUT2D eigenvalue weighted by Gasteiger charge is -2.25. The molecule has 0 aromatic heterocycles. The van der Waals surface area contributed by atoms with Gasteiger partial charge < -0.3 is 5.73 Å². The number of amidine groups is 1. The third-order valence-corrected chi connectivity index (χ3v) is 2.53. The third-order valence-electron chi connectivity index (χ3n) is 2.29. The van der Waals surface area contributed by atoms with E-state index in [0.29, 0.717) is 5.02 Å². The van der Waals surface area contributed by atoms with Gasteiger partial charge in [-0.3, -0.25) is 10.7 Å². The van der Waals surface area contributed by atoms with Gasteiger partial charge in [0.05, 0.1) is 6.21 Å². The van der Waals surface area contributed by atoms with Crippen LogP contribution in [0.1, 0.15) is 5.56 Å². The van der Waals surface area contributed by atoms with Gasteiger partial charge in [0, 0.05) is 10.6 Å². The number of halogens is 2. The fourth-order valence-electron chi connectivity index (χ4n) is 1.45. The summed E-state index contributed by atoms with van der Waals surface area (Å²) in [4.78, 5) is 7.40. The Hall–Kier alpha value is -1.46. The lowest BCUT2D eigenvalue weighted by atomic mass is 9.95. The van der Waals surface area contributed by atoms with Gasteiger partial charge in [-0.2, -0.15) is 0 Å². The molecule has 1 heterocycles. The number of benzene rings is 1. The fraction of sp³-hybridized carbons (Fsp3) is 0.200. The van der Waals surface area contributed by atoms with E-state index in [1.54, 1.807) is 18.2 Å². The van der Waals surface area contributed by atoms with Crippen LogP contribution in [-0.4, -0.2) is 18.3 Å². The highest BCUT2D eigenvalue weighted by Crippen LogP contribution is 2.28. The van der Waals surface area contributed by atoms with Crippen LogP contribution < -0.4 is 11.5 Å². The van der Waals surface area contributed by atoms with E-state index in [4.69, 9.17) is 23.1 Å². The molecule has 1 aromatic rings. The molecule has 16 heavy (non-hydrogen) atoms. The molecule has 0 fully saturated rings. The zero-order valence-electron chi connectivity index (χ0n) is 8.27. The molecule has 2 unspecified atom stereocenters.